The molecule has 10 nitrogen and oxygen atoms in total. The Bertz CT molecular complexity index is 622. The van der Waals surface area contributed by atoms with Gasteiger partial charge in [0.05, 0.1) is 12.2 Å². The van der Waals surface area contributed by atoms with E-state index in [0.717, 1.165) is 0 Å². The maximum absolute atomic E-state index is 13.0. The lowest BCUT2D eigenvalue weighted by molar-refractivity contribution is -0.144. The fourth-order valence-electron chi connectivity index (χ4n) is 1.17. The van der Waals surface area contributed by atoms with Crippen molar-refractivity contribution in [1.82, 2.24) is 14.9 Å². The first-order valence-electron chi connectivity index (χ1n) is 5.03. The second kappa shape index (κ2) is 6.58. The molecule has 112 valence electrons. The first-order valence-corrected chi connectivity index (χ1v) is 5.03. The molecule has 1 aromatic heterocycles. The molecule has 0 aliphatic carbocycles. The van der Waals surface area contributed by atoms with Crippen LogP contribution in [0.1, 0.15) is 13.1 Å². The molecular formula is C9H13FN4O6. The highest BCUT2D eigenvalue weighted by Crippen LogP contribution is 2.00. The van der Waals surface area contributed by atoms with Gasteiger partial charge in [0.15, 0.2) is 0 Å². The Morgan fingerprint density at radius 1 is 1.50 bits per heavy atom. The average molecular weight is 292 g/mol. The Balaban J connectivity index is 0.00000361. The zero-order valence-electron chi connectivity index (χ0n) is 10.2. The number of aliphatic carboxylic acids is 1. The van der Waals surface area contributed by atoms with Crippen LogP contribution >= 0.6 is 0 Å². The molecule has 20 heavy (non-hydrogen) atoms. The zero-order valence-corrected chi connectivity index (χ0v) is 10.2. The van der Waals surface area contributed by atoms with Crippen LogP contribution in [0, 0.1) is 5.82 Å². The van der Waals surface area contributed by atoms with Crippen molar-refractivity contribution in [1.29, 1.82) is 0 Å². The number of nitrogens with zero attached hydrogens (tertiary/aromatic N) is 1. The molecule has 1 aromatic rings. The molecule has 2 atom stereocenters. The van der Waals surface area contributed by atoms with Crippen LogP contribution in [-0.2, 0) is 9.59 Å². The largest absolute Gasteiger partial charge is 0.478 e. The van der Waals surface area contributed by atoms with Gasteiger partial charge in [0.2, 0.25) is 17.9 Å². The van der Waals surface area contributed by atoms with Crippen molar-refractivity contribution in [3.63, 3.8) is 0 Å². The highest BCUT2D eigenvalue weighted by Gasteiger charge is 2.25. The van der Waals surface area contributed by atoms with Gasteiger partial charge < -0.3 is 21.6 Å². The van der Waals surface area contributed by atoms with Crippen molar-refractivity contribution >= 4 is 11.9 Å². The highest BCUT2D eigenvalue weighted by atomic mass is 19.1. The van der Waals surface area contributed by atoms with Crippen molar-refractivity contribution in [2.24, 2.45) is 5.73 Å². The third kappa shape index (κ3) is 3.73. The molecule has 11 heteroatoms. The third-order valence-corrected chi connectivity index (χ3v) is 2.13. The maximum atomic E-state index is 13.0. The topological polar surface area (TPSA) is 179 Å². The van der Waals surface area contributed by atoms with Crippen molar-refractivity contribution in [2.75, 3.05) is 0 Å². The van der Waals surface area contributed by atoms with Gasteiger partial charge in [0.25, 0.3) is 5.56 Å². The summed E-state index contributed by atoms with van der Waals surface area (Å²) in [7, 11) is 0. The normalized spacial score (nSPS) is 12.9. The van der Waals surface area contributed by atoms with E-state index < -0.39 is 41.2 Å². The Labute approximate surface area is 110 Å². The molecule has 1 unspecified atom stereocenters. The minimum atomic E-state index is -1.88. The smallest absolute Gasteiger partial charge is 0.347 e. The number of H-pyrrole nitrogens is 1. The number of hydrogen-bond acceptors (Lipinski definition) is 5. The van der Waals surface area contributed by atoms with Crippen LogP contribution in [0.2, 0.25) is 0 Å². The number of carboxylic acid groups (broad SMARTS) is 1. The molecule has 0 saturated carbocycles. The van der Waals surface area contributed by atoms with E-state index in [-0.39, 0.29) is 5.48 Å². The lowest BCUT2D eigenvalue weighted by Crippen LogP contribution is -2.48. The number of carboxylic acids is 1. The summed E-state index contributed by atoms with van der Waals surface area (Å²) in [4.78, 5) is 46.1. The SMILES string of the molecule is C[C@H](N)C(=O)NC(C(=O)O)n1cc(F)c(=O)[nH]c1=O.O. The maximum Gasteiger partial charge on any atom is 0.347 e. The second-order valence-corrected chi connectivity index (χ2v) is 3.68. The van der Waals surface area contributed by atoms with Gasteiger partial charge in [0.1, 0.15) is 0 Å². The predicted molar refractivity (Wildman–Crippen MR) is 63.4 cm³/mol. The van der Waals surface area contributed by atoms with E-state index in [1.807, 2.05) is 5.32 Å². The van der Waals surface area contributed by atoms with Crippen LogP contribution in [0.5, 0.6) is 0 Å². The number of aromatic amines is 1. The fourth-order valence-corrected chi connectivity index (χ4v) is 1.17. The molecule has 1 heterocycles. The molecule has 0 aromatic carbocycles. The highest BCUT2D eigenvalue weighted by molar-refractivity contribution is 5.85. The summed E-state index contributed by atoms with van der Waals surface area (Å²) < 4.78 is 13.4. The van der Waals surface area contributed by atoms with Gasteiger partial charge in [-0.15, -0.1) is 0 Å². The van der Waals surface area contributed by atoms with Crippen LogP contribution < -0.4 is 22.3 Å². The van der Waals surface area contributed by atoms with Crippen LogP contribution in [0.15, 0.2) is 15.8 Å². The fraction of sp³-hybridized carbons (Fsp3) is 0.333. The molecule has 1 amide bonds. The Hall–Kier alpha value is -2.53. The quantitative estimate of drug-likeness (QED) is 0.456. The molecule has 7 N–H and O–H groups in total. The Kier molecular flexibility index (Phi) is 5.75. The number of carbonyl (C=O) groups is 2. The lowest BCUT2D eigenvalue weighted by atomic mass is 10.3. The van der Waals surface area contributed by atoms with Crippen molar-refractivity contribution in [3.8, 4) is 0 Å². The first kappa shape index (κ1) is 17.5. The molecule has 0 bridgehead atoms. The number of aromatic nitrogens is 2. The summed E-state index contributed by atoms with van der Waals surface area (Å²) in [5.74, 6) is -3.84. The standard InChI is InChI=1S/C9H11FN4O5.H2O/c1-3(11)6(15)12-5(8(17)18)14-2-4(10)7(16)13-9(14)19;/h2-3,5H,11H2,1H3,(H,12,15)(H,17,18)(H,13,16,19);1H2/t3-,5?;/m0./s1. The second-order valence-electron chi connectivity index (χ2n) is 3.68. The molecule has 0 spiro atoms. The van der Waals surface area contributed by atoms with Crippen molar-refractivity contribution in [3.05, 3.63) is 32.9 Å². The number of carbonyl (C=O) groups excluding carboxylic acids is 1. The number of amides is 1. The lowest BCUT2D eigenvalue weighted by Gasteiger charge is -2.17. The van der Waals surface area contributed by atoms with E-state index in [1.54, 1.807) is 4.98 Å². The van der Waals surface area contributed by atoms with Crippen LogP contribution in [0.4, 0.5) is 4.39 Å². The molecule has 0 saturated heterocycles. The zero-order chi connectivity index (χ0) is 14.7. The number of rotatable bonds is 4. The van der Waals surface area contributed by atoms with Gasteiger partial charge in [-0.05, 0) is 6.92 Å². The molecule has 0 radical (unpaired) electrons. The number of nitrogens with two attached hydrogens (primary N) is 1. The summed E-state index contributed by atoms with van der Waals surface area (Å²) >= 11 is 0. The Morgan fingerprint density at radius 3 is 2.50 bits per heavy atom. The number of nitrogens with one attached hydrogen (secondary N) is 2. The first-order chi connectivity index (χ1) is 8.73. The van der Waals surface area contributed by atoms with Gasteiger partial charge in [-0.1, -0.05) is 0 Å². The van der Waals surface area contributed by atoms with E-state index in [9.17, 15) is 23.6 Å². The molecule has 0 fully saturated rings. The monoisotopic (exact) mass is 292 g/mol. The Morgan fingerprint density at radius 2 is 2.05 bits per heavy atom. The van der Waals surface area contributed by atoms with E-state index in [4.69, 9.17) is 10.8 Å². The summed E-state index contributed by atoms with van der Waals surface area (Å²) in [6.45, 7) is 1.30. The van der Waals surface area contributed by atoms with Crippen LogP contribution in [-0.4, -0.2) is 38.1 Å². The van der Waals surface area contributed by atoms with Gasteiger partial charge in [-0.25, -0.2) is 9.59 Å². The third-order valence-electron chi connectivity index (χ3n) is 2.13. The molecule has 0 aliphatic rings. The number of halogens is 1. The molecule has 1 rings (SSSR count). The van der Waals surface area contributed by atoms with E-state index in [1.165, 1.54) is 6.92 Å². The number of hydrogen-bond donors (Lipinski definition) is 4. The van der Waals surface area contributed by atoms with Crippen molar-refractivity contribution in [2.45, 2.75) is 19.1 Å². The predicted octanol–water partition coefficient (Wildman–Crippen LogP) is -3.10. The van der Waals surface area contributed by atoms with Crippen LogP contribution in [0.25, 0.3) is 0 Å². The summed E-state index contributed by atoms with van der Waals surface area (Å²) in [6, 6.07) is -1.02. The minimum absolute atomic E-state index is 0. The summed E-state index contributed by atoms with van der Waals surface area (Å²) in [6.07, 6.45) is -1.49. The van der Waals surface area contributed by atoms with E-state index >= 15 is 0 Å². The summed E-state index contributed by atoms with van der Waals surface area (Å²) in [5, 5.41) is 10.8. The van der Waals surface area contributed by atoms with Crippen molar-refractivity contribution < 1.29 is 24.6 Å². The van der Waals surface area contributed by atoms with Crippen LogP contribution in [0.3, 0.4) is 0 Å². The minimum Gasteiger partial charge on any atom is -0.478 e. The van der Waals surface area contributed by atoms with E-state index in [2.05, 4.69) is 0 Å². The van der Waals surface area contributed by atoms with Gasteiger partial charge in [0, 0.05) is 0 Å². The summed E-state index contributed by atoms with van der Waals surface area (Å²) in [5.41, 5.74) is 2.77. The van der Waals surface area contributed by atoms with Gasteiger partial charge in [-0.3, -0.25) is 19.1 Å². The molecular weight excluding hydrogens is 279 g/mol. The average Bonchev–Trinajstić information content (AvgIpc) is 2.30. The van der Waals surface area contributed by atoms with E-state index in [0.29, 0.717) is 10.8 Å². The van der Waals surface area contributed by atoms with Gasteiger partial charge >= 0.3 is 11.7 Å². The molecule has 0 aliphatic heterocycles. The van der Waals surface area contributed by atoms with Gasteiger partial charge in [-0.2, -0.15) is 4.39 Å².